The second-order valence-electron chi connectivity index (χ2n) is 6.94. The van der Waals surface area contributed by atoms with Gasteiger partial charge in [0.1, 0.15) is 0 Å². The van der Waals surface area contributed by atoms with Gasteiger partial charge in [0.05, 0.1) is 0 Å². The summed E-state index contributed by atoms with van der Waals surface area (Å²) in [6, 6.07) is 9.43. The molecule has 0 saturated heterocycles. The van der Waals surface area contributed by atoms with Crippen molar-refractivity contribution in [1.29, 1.82) is 0 Å². The molecule has 0 amide bonds. The van der Waals surface area contributed by atoms with Crippen LogP contribution >= 0.6 is 0 Å². The highest BCUT2D eigenvalue weighted by Gasteiger charge is 2.34. The number of hydrogen-bond acceptors (Lipinski definition) is 2. The third kappa shape index (κ3) is 3.99. The zero-order valence-electron chi connectivity index (χ0n) is 13.6. The molecule has 1 saturated carbocycles. The Morgan fingerprint density at radius 2 is 1.95 bits per heavy atom. The molecule has 2 rings (SSSR count). The molecule has 1 aliphatic carbocycles. The summed E-state index contributed by atoms with van der Waals surface area (Å²) in [7, 11) is 2.24. The standard InChI is InChI=1S/C18H30N2/c1-15(2)19-13-18(10-5-6-11-18)14-20(4)17-9-7-8-16(3)12-17/h7-9,12,15,19H,5-6,10-11,13-14H2,1-4H3. The lowest BCUT2D eigenvalue weighted by Gasteiger charge is -2.35. The molecule has 0 bridgehead atoms. The van der Waals surface area contributed by atoms with Crippen LogP contribution in [0, 0.1) is 12.3 Å². The molecule has 20 heavy (non-hydrogen) atoms. The lowest BCUT2D eigenvalue weighted by atomic mass is 9.85. The number of benzene rings is 1. The van der Waals surface area contributed by atoms with Gasteiger partial charge in [-0.25, -0.2) is 0 Å². The van der Waals surface area contributed by atoms with Crippen molar-refractivity contribution in [2.45, 2.75) is 52.5 Å². The van der Waals surface area contributed by atoms with Crippen molar-refractivity contribution in [1.82, 2.24) is 5.32 Å². The summed E-state index contributed by atoms with van der Waals surface area (Å²) in [5, 5.41) is 3.67. The van der Waals surface area contributed by atoms with Crippen molar-refractivity contribution in [3.05, 3.63) is 29.8 Å². The summed E-state index contributed by atoms with van der Waals surface area (Å²) in [5.41, 5.74) is 3.15. The molecule has 1 aromatic carbocycles. The van der Waals surface area contributed by atoms with Crippen LogP contribution < -0.4 is 10.2 Å². The molecule has 1 N–H and O–H groups in total. The fraction of sp³-hybridized carbons (Fsp3) is 0.667. The van der Waals surface area contributed by atoms with E-state index in [1.165, 1.54) is 36.9 Å². The molecule has 1 aliphatic rings. The molecule has 112 valence electrons. The van der Waals surface area contributed by atoms with Crippen LogP contribution in [0.25, 0.3) is 0 Å². The normalized spacial score (nSPS) is 17.6. The number of nitrogens with one attached hydrogen (secondary N) is 1. The summed E-state index contributed by atoms with van der Waals surface area (Å²) < 4.78 is 0. The number of aryl methyl sites for hydroxylation is 1. The molecule has 2 nitrogen and oxygen atoms in total. The first kappa shape index (κ1) is 15.4. The summed E-state index contributed by atoms with van der Waals surface area (Å²) in [6.07, 6.45) is 5.51. The minimum Gasteiger partial charge on any atom is -0.374 e. The van der Waals surface area contributed by atoms with Crippen molar-refractivity contribution < 1.29 is 0 Å². The topological polar surface area (TPSA) is 15.3 Å². The predicted molar refractivity (Wildman–Crippen MR) is 88.5 cm³/mol. The zero-order chi connectivity index (χ0) is 14.6. The van der Waals surface area contributed by atoms with Crippen LogP contribution in [0.15, 0.2) is 24.3 Å². The van der Waals surface area contributed by atoms with Gasteiger partial charge in [-0.3, -0.25) is 0 Å². The van der Waals surface area contributed by atoms with E-state index >= 15 is 0 Å². The molecule has 1 aromatic rings. The van der Waals surface area contributed by atoms with Gasteiger partial charge in [-0.15, -0.1) is 0 Å². The average molecular weight is 274 g/mol. The van der Waals surface area contributed by atoms with E-state index in [-0.39, 0.29) is 0 Å². The Morgan fingerprint density at radius 1 is 1.25 bits per heavy atom. The van der Waals surface area contributed by atoms with Gasteiger partial charge in [0, 0.05) is 37.3 Å². The molecular weight excluding hydrogens is 244 g/mol. The van der Waals surface area contributed by atoms with E-state index in [1.54, 1.807) is 0 Å². The predicted octanol–water partition coefficient (Wildman–Crippen LogP) is 3.99. The number of rotatable bonds is 6. The second kappa shape index (κ2) is 6.62. The van der Waals surface area contributed by atoms with E-state index in [0.717, 1.165) is 13.1 Å². The van der Waals surface area contributed by atoms with Crippen LogP contribution in [0.3, 0.4) is 0 Å². The fourth-order valence-electron chi connectivity index (χ4n) is 3.40. The third-order valence-electron chi connectivity index (χ3n) is 4.56. The van der Waals surface area contributed by atoms with Crippen LogP contribution in [0.1, 0.15) is 45.1 Å². The summed E-state index contributed by atoms with van der Waals surface area (Å²) >= 11 is 0. The Kier molecular flexibility index (Phi) is 5.09. The molecule has 0 aliphatic heterocycles. The second-order valence-corrected chi connectivity index (χ2v) is 6.94. The molecule has 0 heterocycles. The van der Waals surface area contributed by atoms with Crippen LogP contribution in [-0.2, 0) is 0 Å². The number of nitrogens with zero attached hydrogens (tertiary/aromatic N) is 1. The maximum absolute atomic E-state index is 3.67. The van der Waals surface area contributed by atoms with Gasteiger partial charge < -0.3 is 10.2 Å². The van der Waals surface area contributed by atoms with Crippen molar-refractivity contribution >= 4 is 5.69 Å². The van der Waals surface area contributed by atoms with Crippen LogP contribution in [0.4, 0.5) is 5.69 Å². The molecule has 1 fully saturated rings. The summed E-state index contributed by atoms with van der Waals surface area (Å²) in [4.78, 5) is 2.44. The molecular formula is C18H30N2. The highest BCUT2D eigenvalue weighted by Crippen LogP contribution is 2.39. The van der Waals surface area contributed by atoms with Gasteiger partial charge in [0.25, 0.3) is 0 Å². The summed E-state index contributed by atoms with van der Waals surface area (Å²) in [5.74, 6) is 0. The Bertz CT molecular complexity index is 419. The number of anilines is 1. The lowest BCUT2D eigenvalue weighted by Crippen LogP contribution is -2.43. The zero-order valence-corrected chi connectivity index (χ0v) is 13.6. The van der Waals surface area contributed by atoms with Gasteiger partial charge in [-0.2, -0.15) is 0 Å². The largest absolute Gasteiger partial charge is 0.374 e. The van der Waals surface area contributed by atoms with Crippen LogP contribution in [-0.4, -0.2) is 26.2 Å². The molecule has 0 radical (unpaired) electrons. The van der Waals surface area contributed by atoms with Gasteiger partial charge in [0.15, 0.2) is 0 Å². The van der Waals surface area contributed by atoms with Crippen molar-refractivity contribution in [3.8, 4) is 0 Å². The van der Waals surface area contributed by atoms with Gasteiger partial charge >= 0.3 is 0 Å². The van der Waals surface area contributed by atoms with E-state index in [4.69, 9.17) is 0 Å². The molecule has 0 aromatic heterocycles. The quantitative estimate of drug-likeness (QED) is 0.844. The first-order chi connectivity index (χ1) is 9.51. The summed E-state index contributed by atoms with van der Waals surface area (Å²) in [6.45, 7) is 8.97. The minimum atomic E-state index is 0.461. The SMILES string of the molecule is Cc1cccc(N(C)CC2(CNC(C)C)CCCC2)c1. The van der Waals surface area contributed by atoms with Crippen molar-refractivity contribution in [2.75, 3.05) is 25.0 Å². The van der Waals surface area contributed by atoms with Crippen LogP contribution in [0.5, 0.6) is 0 Å². The van der Waals surface area contributed by atoms with Gasteiger partial charge in [-0.05, 0) is 37.5 Å². The molecule has 0 spiro atoms. The maximum atomic E-state index is 3.67. The highest BCUT2D eigenvalue weighted by atomic mass is 15.1. The average Bonchev–Trinajstić information content (AvgIpc) is 2.85. The monoisotopic (exact) mass is 274 g/mol. The lowest BCUT2D eigenvalue weighted by molar-refractivity contribution is 0.278. The van der Waals surface area contributed by atoms with Gasteiger partial charge in [0.2, 0.25) is 0 Å². The Morgan fingerprint density at radius 3 is 2.55 bits per heavy atom. The number of hydrogen-bond donors (Lipinski definition) is 1. The maximum Gasteiger partial charge on any atom is 0.0366 e. The van der Waals surface area contributed by atoms with E-state index in [9.17, 15) is 0 Å². The Hall–Kier alpha value is -1.02. The van der Waals surface area contributed by atoms with Crippen molar-refractivity contribution in [2.24, 2.45) is 5.41 Å². The fourth-order valence-corrected chi connectivity index (χ4v) is 3.40. The molecule has 0 unspecified atom stereocenters. The third-order valence-corrected chi connectivity index (χ3v) is 4.56. The first-order valence-electron chi connectivity index (χ1n) is 8.02. The van der Waals surface area contributed by atoms with E-state index < -0.39 is 0 Å². The smallest absolute Gasteiger partial charge is 0.0366 e. The van der Waals surface area contributed by atoms with Crippen LogP contribution in [0.2, 0.25) is 0 Å². The van der Waals surface area contributed by atoms with E-state index in [2.05, 4.69) is 62.3 Å². The van der Waals surface area contributed by atoms with E-state index in [0.29, 0.717) is 11.5 Å². The first-order valence-corrected chi connectivity index (χ1v) is 8.02. The molecule has 0 atom stereocenters. The minimum absolute atomic E-state index is 0.461. The van der Waals surface area contributed by atoms with Crippen molar-refractivity contribution in [3.63, 3.8) is 0 Å². The molecule has 2 heteroatoms. The highest BCUT2D eigenvalue weighted by molar-refractivity contribution is 5.47. The Balaban J connectivity index is 2.04. The van der Waals surface area contributed by atoms with Gasteiger partial charge in [-0.1, -0.05) is 38.8 Å². The Labute approximate surface area is 124 Å². The van der Waals surface area contributed by atoms with E-state index in [1.807, 2.05) is 0 Å².